The van der Waals surface area contributed by atoms with Crippen molar-refractivity contribution in [3.05, 3.63) is 47.8 Å². The number of pyridine rings is 2. The molecule has 0 radical (unpaired) electrons. The lowest BCUT2D eigenvalue weighted by Crippen LogP contribution is -2.32. The highest BCUT2D eigenvalue weighted by Gasteiger charge is 2.23. The number of nitrogens with zero attached hydrogens (tertiary/aromatic N) is 3. The maximum Gasteiger partial charge on any atom is 0.257 e. The second kappa shape index (κ2) is 9.20. The van der Waals surface area contributed by atoms with Gasteiger partial charge in [0.1, 0.15) is 0 Å². The number of nitrogens with one attached hydrogen (secondary N) is 1. The normalized spacial score (nSPS) is 14.2. The van der Waals surface area contributed by atoms with Gasteiger partial charge in [-0.25, -0.2) is 9.97 Å². The van der Waals surface area contributed by atoms with Gasteiger partial charge in [0, 0.05) is 42.1 Å². The number of anilines is 2. The van der Waals surface area contributed by atoms with Crippen LogP contribution in [0.5, 0.6) is 11.5 Å². The quantitative estimate of drug-likeness (QED) is 0.644. The van der Waals surface area contributed by atoms with E-state index in [1.807, 2.05) is 42.2 Å². The summed E-state index contributed by atoms with van der Waals surface area (Å²) in [6.45, 7) is 3.48. The molecule has 4 rings (SSSR count). The van der Waals surface area contributed by atoms with E-state index in [0.717, 1.165) is 42.7 Å². The molecule has 7 heteroatoms. The third kappa shape index (κ3) is 4.40. The number of hydrogen-bond donors (Lipinski definition) is 1. The van der Waals surface area contributed by atoms with Crippen molar-refractivity contribution >= 4 is 28.3 Å². The van der Waals surface area contributed by atoms with Gasteiger partial charge in [-0.1, -0.05) is 12.8 Å². The standard InChI is InChI=1S/C24H28N4O3/c1-16-8-10-18-22(27-17-9-11-20(30-2)21(14-17)31-3)19(15-25-23(18)26-16)24(29)28-12-6-4-5-7-13-28/h8-11,14-15H,4-7,12-13H2,1-3H3,(H,25,26,27). The number of fused-ring (bicyclic) bond motifs is 1. The average molecular weight is 421 g/mol. The number of aryl methyl sites for hydroxylation is 1. The first-order valence-corrected chi connectivity index (χ1v) is 10.7. The molecule has 7 nitrogen and oxygen atoms in total. The third-order valence-electron chi connectivity index (χ3n) is 5.65. The SMILES string of the molecule is COc1ccc(Nc2c(C(=O)N3CCCCCC3)cnc3nc(C)ccc23)cc1OC. The van der Waals surface area contributed by atoms with E-state index < -0.39 is 0 Å². The second-order valence-corrected chi connectivity index (χ2v) is 7.77. The molecule has 3 aromatic rings. The summed E-state index contributed by atoms with van der Waals surface area (Å²) in [5, 5.41) is 4.24. The Hall–Kier alpha value is -3.35. The summed E-state index contributed by atoms with van der Waals surface area (Å²) in [7, 11) is 3.21. The van der Waals surface area contributed by atoms with Gasteiger partial charge < -0.3 is 19.7 Å². The third-order valence-corrected chi connectivity index (χ3v) is 5.65. The van der Waals surface area contributed by atoms with Crippen LogP contribution in [0.4, 0.5) is 11.4 Å². The number of amides is 1. The van der Waals surface area contributed by atoms with E-state index in [0.29, 0.717) is 28.4 Å². The molecule has 31 heavy (non-hydrogen) atoms. The largest absolute Gasteiger partial charge is 0.493 e. The van der Waals surface area contributed by atoms with Crippen molar-refractivity contribution < 1.29 is 14.3 Å². The van der Waals surface area contributed by atoms with Crippen LogP contribution in [0.1, 0.15) is 41.7 Å². The van der Waals surface area contributed by atoms with Crippen molar-refractivity contribution in [2.75, 3.05) is 32.6 Å². The van der Waals surface area contributed by atoms with Crippen molar-refractivity contribution in [3.8, 4) is 11.5 Å². The van der Waals surface area contributed by atoms with E-state index in [9.17, 15) is 4.79 Å². The molecule has 3 heterocycles. The molecule has 2 aromatic heterocycles. The highest BCUT2D eigenvalue weighted by Crippen LogP contribution is 2.34. The van der Waals surface area contributed by atoms with Crippen LogP contribution < -0.4 is 14.8 Å². The summed E-state index contributed by atoms with van der Waals surface area (Å²) < 4.78 is 10.8. The Morgan fingerprint density at radius 3 is 2.45 bits per heavy atom. The molecule has 0 unspecified atom stereocenters. The Balaban J connectivity index is 1.79. The zero-order valence-corrected chi connectivity index (χ0v) is 18.3. The molecule has 1 aromatic carbocycles. The number of carbonyl (C=O) groups excluding carboxylic acids is 1. The van der Waals surface area contributed by atoms with Crippen molar-refractivity contribution in [1.29, 1.82) is 0 Å². The predicted molar refractivity (Wildman–Crippen MR) is 121 cm³/mol. The molecule has 0 aliphatic carbocycles. The zero-order chi connectivity index (χ0) is 21.8. The minimum atomic E-state index is -0.000137. The molecular weight excluding hydrogens is 392 g/mol. The van der Waals surface area contributed by atoms with Crippen LogP contribution in [0.25, 0.3) is 11.0 Å². The van der Waals surface area contributed by atoms with Gasteiger partial charge in [-0.05, 0) is 44.0 Å². The number of ether oxygens (including phenoxy) is 2. The van der Waals surface area contributed by atoms with Crippen molar-refractivity contribution in [2.24, 2.45) is 0 Å². The molecule has 0 atom stereocenters. The molecule has 0 saturated carbocycles. The molecule has 1 saturated heterocycles. The number of aromatic nitrogens is 2. The first kappa shape index (κ1) is 20.9. The molecular formula is C24H28N4O3. The van der Waals surface area contributed by atoms with Gasteiger partial charge >= 0.3 is 0 Å². The van der Waals surface area contributed by atoms with E-state index >= 15 is 0 Å². The zero-order valence-electron chi connectivity index (χ0n) is 18.3. The minimum absolute atomic E-state index is 0.000137. The van der Waals surface area contributed by atoms with E-state index in [2.05, 4.69) is 15.3 Å². The van der Waals surface area contributed by atoms with Gasteiger partial charge in [0.15, 0.2) is 17.1 Å². The minimum Gasteiger partial charge on any atom is -0.493 e. The van der Waals surface area contributed by atoms with Gasteiger partial charge in [-0.15, -0.1) is 0 Å². The van der Waals surface area contributed by atoms with E-state index in [1.54, 1.807) is 20.4 Å². The lowest BCUT2D eigenvalue weighted by atomic mass is 10.1. The van der Waals surface area contributed by atoms with Gasteiger partial charge in [0.25, 0.3) is 5.91 Å². The van der Waals surface area contributed by atoms with Crippen LogP contribution in [-0.4, -0.2) is 48.1 Å². The molecule has 0 bridgehead atoms. The Morgan fingerprint density at radius 2 is 1.74 bits per heavy atom. The Morgan fingerprint density at radius 1 is 1.00 bits per heavy atom. The highest BCUT2D eigenvalue weighted by molar-refractivity contribution is 6.07. The highest BCUT2D eigenvalue weighted by atomic mass is 16.5. The van der Waals surface area contributed by atoms with Crippen LogP contribution in [0.3, 0.4) is 0 Å². The maximum absolute atomic E-state index is 13.5. The van der Waals surface area contributed by atoms with Crippen LogP contribution >= 0.6 is 0 Å². The summed E-state index contributed by atoms with van der Waals surface area (Å²) in [6, 6.07) is 9.49. The smallest absolute Gasteiger partial charge is 0.257 e. The van der Waals surface area contributed by atoms with Gasteiger partial charge in [0.05, 0.1) is 25.5 Å². The molecule has 162 valence electrons. The number of rotatable bonds is 5. The van der Waals surface area contributed by atoms with Crippen molar-refractivity contribution in [1.82, 2.24) is 14.9 Å². The number of carbonyl (C=O) groups is 1. The average Bonchev–Trinajstić information content (AvgIpc) is 3.08. The molecule has 1 fully saturated rings. The fourth-order valence-electron chi connectivity index (χ4n) is 3.97. The summed E-state index contributed by atoms with van der Waals surface area (Å²) in [6.07, 6.45) is 6.04. The first-order valence-electron chi connectivity index (χ1n) is 10.7. The fraction of sp³-hybridized carbons (Fsp3) is 0.375. The van der Waals surface area contributed by atoms with Crippen molar-refractivity contribution in [2.45, 2.75) is 32.6 Å². The van der Waals surface area contributed by atoms with E-state index in [4.69, 9.17) is 9.47 Å². The molecule has 0 spiro atoms. The number of methoxy groups -OCH3 is 2. The van der Waals surface area contributed by atoms with Gasteiger partial charge in [0.2, 0.25) is 0 Å². The summed E-state index contributed by atoms with van der Waals surface area (Å²) in [5.41, 5.74) is 3.53. The fourth-order valence-corrected chi connectivity index (χ4v) is 3.97. The number of likely N-dealkylation sites (tertiary alicyclic amines) is 1. The van der Waals surface area contributed by atoms with E-state index in [1.165, 1.54) is 12.8 Å². The molecule has 1 N–H and O–H groups in total. The van der Waals surface area contributed by atoms with Crippen LogP contribution in [-0.2, 0) is 0 Å². The first-order chi connectivity index (χ1) is 15.1. The lowest BCUT2D eigenvalue weighted by molar-refractivity contribution is 0.0762. The monoisotopic (exact) mass is 420 g/mol. The number of hydrogen-bond acceptors (Lipinski definition) is 6. The second-order valence-electron chi connectivity index (χ2n) is 7.77. The summed E-state index contributed by atoms with van der Waals surface area (Å²) in [5.74, 6) is 1.26. The Bertz CT molecular complexity index is 1090. The van der Waals surface area contributed by atoms with E-state index in [-0.39, 0.29) is 5.91 Å². The van der Waals surface area contributed by atoms with Crippen LogP contribution in [0.15, 0.2) is 36.5 Å². The Kier molecular flexibility index (Phi) is 6.21. The molecule has 1 amide bonds. The maximum atomic E-state index is 13.5. The Labute approximate surface area is 182 Å². The van der Waals surface area contributed by atoms with Crippen molar-refractivity contribution in [3.63, 3.8) is 0 Å². The molecule has 1 aliphatic rings. The topological polar surface area (TPSA) is 76.6 Å². The van der Waals surface area contributed by atoms with Gasteiger partial charge in [-0.3, -0.25) is 4.79 Å². The number of benzene rings is 1. The van der Waals surface area contributed by atoms with Crippen LogP contribution in [0, 0.1) is 6.92 Å². The summed E-state index contributed by atoms with van der Waals surface area (Å²) in [4.78, 5) is 24.5. The van der Waals surface area contributed by atoms with Crippen LogP contribution in [0.2, 0.25) is 0 Å². The molecule has 1 aliphatic heterocycles. The summed E-state index contributed by atoms with van der Waals surface area (Å²) >= 11 is 0. The predicted octanol–water partition coefficient (Wildman–Crippen LogP) is 4.72. The van der Waals surface area contributed by atoms with Gasteiger partial charge in [-0.2, -0.15) is 0 Å². The lowest BCUT2D eigenvalue weighted by Gasteiger charge is -2.23.